The molecular weight excluding hydrogens is 268 g/mol. The number of nitrogens with two attached hydrogens (primary N) is 1. The van der Waals surface area contributed by atoms with Gasteiger partial charge in [0.25, 0.3) is 0 Å². The van der Waals surface area contributed by atoms with Crippen molar-refractivity contribution in [3.63, 3.8) is 0 Å². The molecule has 0 unspecified atom stereocenters. The van der Waals surface area contributed by atoms with Crippen LogP contribution in [0, 0.1) is 0 Å². The molecule has 0 bridgehead atoms. The minimum Gasteiger partial charge on any atom is -0.497 e. The van der Waals surface area contributed by atoms with E-state index < -0.39 is 0 Å². The maximum atomic E-state index is 5.71. The van der Waals surface area contributed by atoms with Crippen LogP contribution in [0.1, 0.15) is 11.1 Å². The average molecular weight is 286 g/mol. The number of anilines is 1. The van der Waals surface area contributed by atoms with Crippen molar-refractivity contribution in [1.82, 2.24) is 0 Å². The first kappa shape index (κ1) is 14.3. The highest BCUT2D eigenvalue weighted by molar-refractivity contribution is 7.80. The van der Waals surface area contributed by atoms with E-state index in [2.05, 4.69) is 11.4 Å². The van der Waals surface area contributed by atoms with E-state index in [0.29, 0.717) is 4.99 Å². The summed E-state index contributed by atoms with van der Waals surface area (Å²) in [6, 6.07) is 15.9. The molecule has 2 rings (SSSR count). The van der Waals surface area contributed by atoms with Crippen LogP contribution in [0.3, 0.4) is 0 Å². The smallest absolute Gasteiger partial charge is 0.119 e. The normalized spacial score (nSPS) is 10.1. The van der Waals surface area contributed by atoms with Crippen molar-refractivity contribution < 1.29 is 4.74 Å². The van der Waals surface area contributed by atoms with E-state index >= 15 is 0 Å². The molecular formula is C16H18N2OS. The Morgan fingerprint density at radius 1 is 1.20 bits per heavy atom. The molecule has 0 heterocycles. The van der Waals surface area contributed by atoms with Crippen molar-refractivity contribution in [3.8, 4) is 5.75 Å². The highest BCUT2D eigenvalue weighted by Gasteiger charge is 2.03. The molecule has 2 aromatic rings. The molecule has 2 aromatic carbocycles. The summed E-state index contributed by atoms with van der Waals surface area (Å²) >= 11 is 5.05. The minimum absolute atomic E-state index is 0.412. The maximum Gasteiger partial charge on any atom is 0.119 e. The average Bonchev–Trinajstić information content (AvgIpc) is 2.48. The van der Waals surface area contributed by atoms with E-state index in [0.717, 1.165) is 30.0 Å². The third kappa shape index (κ3) is 3.71. The largest absolute Gasteiger partial charge is 0.497 e. The number of hydrogen-bond acceptors (Lipinski definition) is 3. The number of benzene rings is 2. The van der Waals surface area contributed by atoms with Gasteiger partial charge >= 0.3 is 0 Å². The quantitative estimate of drug-likeness (QED) is 0.802. The van der Waals surface area contributed by atoms with Crippen LogP contribution in [0.2, 0.25) is 0 Å². The molecule has 3 N–H and O–H groups in total. The van der Waals surface area contributed by atoms with Crippen LogP contribution >= 0.6 is 12.2 Å². The van der Waals surface area contributed by atoms with E-state index in [1.54, 1.807) is 7.11 Å². The first-order chi connectivity index (χ1) is 9.70. The van der Waals surface area contributed by atoms with Gasteiger partial charge in [-0.05, 0) is 36.2 Å². The number of ether oxygens (including phenoxy) is 1. The minimum atomic E-state index is 0.412. The van der Waals surface area contributed by atoms with Gasteiger partial charge in [-0.3, -0.25) is 0 Å². The molecule has 0 aromatic heterocycles. The summed E-state index contributed by atoms with van der Waals surface area (Å²) in [6.07, 6.45) is 0.906. The summed E-state index contributed by atoms with van der Waals surface area (Å²) < 4.78 is 5.22. The third-order valence-corrected chi connectivity index (χ3v) is 3.28. The number of rotatable bonds is 6. The number of thiocarbonyl (C=S) groups is 1. The molecule has 0 atom stereocenters. The Hall–Kier alpha value is -2.07. The van der Waals surface area contributed by atoms with Gasteiger partial charge in [0, 0.05) is 17.8 Å². The van der Waals surface area contributed by atoms with E-state index in [1.165, 1.54) is 5.56 Å². The number of hydrogen-bond donors (Lipinski definition) is 2. The van der Waals surface area contributed by atoms with Crippen LogP contribution in [0.15, 0.2) is 48.5 Å². The van der Waals surface area contributed by atoms with Crippen LogP contribution < -0.4 is 15.8 Å². The van der Waals surface area contributed by atoms with Crippen molar-refractivity contribution in [2.75, 3.05) is 19.0 Å². The van der Waals surface area contributed by atoms with Crippen molar-refractivity contribution in [1.29, 1.82) is 0 Å². The summed E-state index contributed by atoms with van der Waals surface area (Å²) in [7, 11) is 1.68. The molecule has 0 amide bonds. The van der Waals surface area contributed by atoms with Crippen LogP contribution in [-0.4, -0.2) is 18.6 Å². The Morgan fingerprint density at radius 2 is 2.00 bits per heavy atom. The highest BCUT2D eigenvalue weighted by Crippen LogP contribution is 2.16. The Bertz CT molecular complexity index is 599. The molecule has 104 valence electrons. The lowest BCUT2D eigenvalue weighted by atomic mass is 10.1. The summed E-state index contributed by atoms with van der Waals surface area (Å²) in [5.41, 5.74) is 8.79. The van der Waals surface area contributed by atoms with Crippen LogP contribution in [0.5, 0.6) is 5.75 Å². The first-order valence-electron chi connectivity index (χ1n) is 6.46. The first-order valence-corrected chi connectivity index (χ1v) is 6.87. The molecule has 4 heteroatoms. The zero-order valence-corrected chi connectivity index (χ0v) is 12.2. The SMILES string of the molecule is COc1cccc(CCNc2ccccc2C(N)=S)c1. The summed E-state index contributed by atoms with van der Waals surface area (Å²) in [6.45, 7) is 0.812. The van der Waals surface area contributed by atoms with Gasteiger partial charge in [-0.2, -0.15) is 0 Å². The second-order valence-electron chi connectivity index (χ2n) is 4.44. The van der Waals surface area contributed by atoms with E-state index in [1.807, 2.05) is 42.5 Å². The standard InChI is InChI=1S/C16H18N2OS/c1-19-13-6-4-5-12(11-13)9-10-18-15-8-3-2-7-14(15)16(17)20/h2-8,11,18H,9-10H2,1H3,(H2,17,20). The summed E-state index contributed by atoms with van der Waals surface area (Å²) in [5, 5.41) is 3.37. The van der Waals surface area contributed by atoms with Gasteiger partial charge in [0.2, 0.25) is 0 Å². The fourth-order valence-corrected chi connectivity index (χ4v) is 2.20. The van der Waals surface area contributed by atoms with Crippen LogP contribution in [-0.2, 0) is 6.42 Å². The van der Waals surface area contributed by atoms with Crippen molar-refractivity contribution in [3.05, 3.63) is 59.7 Å². The molecule has 0 aliphatic carbocycles. The van der Waals surface area contributed by atoms with Gasteiger partial charge in [-0.15, -0.1) is 0 Å². The lowest BCUT2D eigenvalue weighted by Crippen LogP contribution is -2.14. The monoisotopic (exact) mass is 286 g/mol. The van der Waals surface area contributed by atoms with Crippen molar-refractivity contribution in [2.45, 2.75) is 6.42 Å². The Kier molecular flexibility index (Phi) is 4.96. The van der Waals surface area contributed by atoms with Crippen LogP contribution in [0.4, 0.5) is 5.69 Å². The predicted molar refractivity (Wildman–Crippen MR) is 87.5 cm³/mol. The van der Waals surface area contributed by atoms with Gasteiger partial charge in [0.15, 0.2) is 0 Å². The van der Waals surface area contributed by atoms with Crippen molar-refractivity contribution in [2.24, 2.45) is 5.73 Å². The molecule has 0 saturated carbocycles. The van der Waals surface area contributed by atoms with E-state index in [9.17, 15) is 0 Å². The molecule has 0 aliphatic heterocycles. The summed E-state index contributed by atoms with van der Waals surface area (Å²) in [4.78, 5) is 0.412. The third-order valence-electron chi connectivity index (χ3n) is 3.06. The maximum absolute atomic E-state index is 5.71. The molecule has 0 radical (unpaired) electrons. The zero-order chi connectivity index (χ0) is 14.4. The summed E-state index contributed by atoms with van der Waals surface area (Å²) in [5.74, 6) is 0.881. The molecule has 0 saturated heterocycles. The lowest BCUT2D eigenvalue weighted by Gasteiger charge is -2.11. The van der Waals surface area contributed by atoms with Crippen molar-refractivity contribution >= 4 is 22.9 Å². The van der Waals surface area contributed by atoms with Gasteiger partial charge in [0.05, 0.1) is 7.11 Å². The van der Waals surface area contributed by atoms with Crippen LogP contribution in [0.25, 0.3) is 0 Å². The number of para-hydroxylation sites is 1. The molecule has 20 heavy (non-hydrogen) atoms. The Balaban J connectivity index is 1.97. The molecule has 3 nitrogen and oxygen atoms in total. The number of nitrogens with one attached hydrogen (secondary N) is 1. The highest BCUT2D eigenvalue weighted by atomic mass is 32.1. The van der Waals surface area contributed by atoms with Gasteiger partial charge < -0.3 is 15.8 Å². The van der Waals surface area contributed by atoms with E-state index in [-0.39, 0.29) is 0 Å². The topological polar surface area (TPSA) is 47.3 Å². The Labute approximate surface area is 124 Å². The fraction of sp³-hybridized carbons (Fsp3) is 0.188. The predicted octanol–water partition coefficient (Wildman–Crippen LogP) is 2.98. The van der Waals surface area contributed by atoms with E-state index in [4.69, 9.17) is 22.7 Å². The second kappa shape index (κ2) is 6.91. The molecule has 0 aliphatic rings. The fourth-order valence-electron chi connectivity index (χ4n) is 2.02. The van der Waals surface area contributed by atoms with Gasteiger partial charge in [-0.1, -0.05) is 36.5 Å². The number of methoxy groups -OCH3 is 1. The lowest BCUT2D eigenvalue weighted by molar-refractivity contribution is 0.414. The Morgan fingerprint density at radius 3 is 2.75 bits per heavy atom. The molecule has 0 fully saturated rings. The molecule has 0 spiro atoms. The van der Waals surface area contributed by atoms with Gasteiger partial charge in [-0.25, -0.2) is 0 Å². The zero-order valence-electron chi connectivity index (χ0n) is 11.4. The van der Waals surface area contributed by atoms with Gasteiger partial charge in [0.1, 0.15) is 10.7 Å². The second-order valence-corrected chi connectivity index (χ2v) is 4.88.